The summed E-state index contributed by atoms with van der Waals surface area (Å²) in [5.41, 5.74) is -0.692. The first-order valence-corrected chi connectivity index (χ1v) is 12.6. The minimum atomic E-state index is -5.08. The Morgan fingerprint density at radius 2 is 1.45 bits per heavy atom. The highest BCUT2D eigenvalue weighted by atomic mass is 19.4. The highest BCUT2D eigenvalue weighted by Gasteiger charge is 2.43. The molecule has 0 spiro atoms. The third-order valence-electron chi connectivity index (χ3n) is 6.50. The van der Waals surface area contributed by atoms with E-state index in [2.05, 4.69) is 0 Å². The number of halogens is 4. The molecule has 212 valence electrons. The van der Waals surface area contributed by atoms with Crippen molar-refractivity contribution in [2.24, 2.45) is 0 Å². The standard InChI is InChI=1S/C32H21F4NO5/c33-23-14-15-25(26(19-23)32(34,35)36)30(39)42-29-27(38)16-17-37(31(40)41-24-12-5-2-6-13-24)28(29)22-11-7-10-21(18-22)20-8-3-1-4-9-20/h1-19,28-29H/t28-,29+/m1/s1. The third kappa shape index (κ3) is 6.07. The monoisotopic (exact) mass is 575 g/mol. The fourth-order valence-electron chi connectivity index (χ4n) is 4.56. The van der Waals surface area contributed by atoms with Gasteiger partial charge in [-0.25, -0.2) is 14.0 Å². The van der Waals surface area contributed by atoms with E-state index < -0.39 is 53.1 Å². The summed E-state index contributed by atoms with van der Waals surface area (Å²) in [6.07, 6.45) is -5.64. The summed E-state index contributed by atoms with van der Waals surface area (Å²) >= 11 is 0. The lowest BCUT2D eigenvalue weighted by molar-refractivity contribution is -0.138. The highest BCUT2D eigenvalue weighted by molar-refractivity contribution is 6.00. The minimum Gasteiger partial charge on any atom is -0.448 e. The summed E-state index contributed by atoms with van der Waals surface area (Å²) in [5, 5.41) is 0. The van der Waals surface area contributed by atoms with E-state index in [9.17, 15) is 31.9 Å². The molecule has 0 aliphatic carbocycles. The molecular weight excluding hydrogens is 554 g/mol. The molecule has 42 heavy (non-hydrogen) atoms. The van der Waals surface area contributed by atoms with Crippen LogP contribution >= 0.6 is 0 Å². The van der Waals surface area contributed by atoms with E-state index in [1.54, 1.807) is 42.5 Å². The molecule has 4 aromatic rings. The average molecular weight is 576 g/mol. The topological polar surface area (TPSA) is 72.9 Å². The number of rotatable bonds is 5. The van der Waals surface area contributed by atoms with Crippen molar-refractivity contribution in [3.05, 3.63) is 138 Å². The first kappa shape index (κ1) is 28.3. The van der Waals surface area contributed by atoms with Crippen LogP contribution in [0.4, 0.5) is 22.4 Å². The zero-order valence-electron chi connectivity index (χ0n) is 21.6. The summed E-state index contributed by atoms with van der Waals surface area (Å²) in [6.45, 7) is 0. The van der Waals surface area contributed by atoms with Crippen molar-refractivity contribution in [1.82, 2.24) is 4.90 Å². The number of hydrogen-bond acceptors (Lipinski definition) is 5. The Morgan fingerprint density at radius 3 is 2.14 bits per heavy atom. The predicted octanol–water partition coefficient (Wildman–Crippen LogP) is 7.38. The van der Waals surface area contributed by atoms with Crippen LogP contribution in [0.1, 0.15) is 27.5 Å². The van der Waals surface area contributed by atoms with Gasteiger partial charge in [-0.15, -0.1) is 0 Å². The van der Waals surface area contributed by atoms with Crippen LogP contribution in [0, 0.1) is 5.82 Å². The van der Waals surface area contributed by atoms with Crippen molar-refractivity contribution in [2.75, 3.05) is 0 Å². The van der Waals surface area contributed by atoms with Crippen LogP contribution < -0.4 is 4.74 Å². The molecule has 0 bridgehead atoms. The number of ether oxygens (including phenoxy) is 2. The van der Waals surface area contributed by atoms with Gasteiger partial charge in [0.25, 0.3) is 0 Å². The number of nitrogens with zero attached hydrogens (tertiary/aromatic N) is 1. The van der Waals surface area contributed by atoms with Crippen LogP contribution in [0.2, 0.25) is 0 Å². The maximum absolute atomic E-state index is 13.7. The Morgan fingerprint density at radius 1 is 0.786 bits per heavy atom. The molecule has 0 saturated carbocycles. The highest BCUT2D eigenvalue weighted by Crippen LogP contribution is 2.37. The van der Waals surface area contributed by atoms with Crippen LogP contribution in [0.3, 0.4) is 0 Å². The Balaban J connectivity index is 1.56. The molecule has 1 heterocycles. The Labute approximate surface area is 237 Å². The summed E-state index contributed by atoms with van der Waals surface area (Å²) in [6, 6.07) is 24.1. The molecule has 0 fully saturated rings. The number of hydrogen-bond donors (Lipinski definition) is 0. The van der Waals surface area contributed by atoms with Gasteiger partial charge in [-0.1, -0.05) is 66.7 Å². The fourth-order valence-corrected chi connectivity index (χ4v) is 4.56. The molecule has 5 rings (SSSR count). The normalized spacial score (nSPS) is 16.7. The molecule has 0 aromatic heterocycles. The molecule has 2 atom stereocenters. The minimum absolute atomic E-state index is 0.170. The number of benzene rings is 4. The van der Waals surface area contributed by atoms with Gasteiger partial charge < -0.3 is 9.47 Å². The van der Waals surface area contributed by atoms with Crippen LogP contribution in [0.15, 0.2) is 115 Å². The quantitative estimate of drug-likeness (QED) is 0.184. The van der Waals surface area contributed by atoms with Gasteiger partial charge in [-0.3, -0.25) is 9.69 Å². The Bertz CT molecular complexity index is 1650. The maximum atomic E-state index is 13.7. The predicted molar refractivity (Wildman–Crippen MR) is 144 cm³/mol. The lowest BCUT2D eigenvalue weighted by Gasteiger charge is -2.36. The van der Waals surface area contributed by atoms with Crippen molar-refractivity contribution < 1.29 is 41.4 Å². The van der Waals surface area contributed by atoms with E-state index in [1.807, 2.05) is 30.3 Å². The van der Waals surface area contributed by atoms with Gasteiger partial charge in [0.15, 0.2) is 11.9 Å². The van der Waals surface area contributed by atoms with Gasteiger partial charge in [0.2, 0.25) is 0 Å². The number of para-hydroxylation sites is 1. The summed E-state index contributed by atoms with van der Waals surface area (Å²) in [7, 11) is 0. The molecule has 0 N–H and O–H groups in total. The molecule has 1 aliphatic rings. The zero-order chi connectivity index (χ0) is 29.9. The first-order valence-electron chi connectivity index (χ1n) is 12.6. The molecule has 0 unspecified atom stereocenters. The summed E-state index contributed by atoms with van der Waals surface area (Å²) in [4.78, 5) is 40.6. The maximum Gasteiger partial charge on any atom is 0.420 e. The molecule has 1 aliphatic heterocycles. The van der Waals surface area contributed by atoms with Gasteiger partial charge in [-0.2, -0.15) is 13.2 Å². The summed E-state index contributed by atoms with van der Waals surface area (Å²) in [5.74, 6) is -3.31. The molecule has 0 saturated heterocycles. The second kappa shape index (κ2) is 11.7. The fraction of sp³-hybridized carbons (Fsp3) is 0.0938. The van der Waals surface area contributed by atoms with E-state index in [1.165, 1.54) is 12.1 Å². The molecule has 1 amide bonds. The number of carbonyl (C=O) groups excluding carboxylic acids is 3. The van der Waals surface area contributed by atoms with E-state index in [-0.39, 0.29) is 11.8 Å². The molecular formula is C32H21F4NO5. The molecule has 4 aromatic carbocycles. The van der Waals surface area contributed by atoms with E-state index in [4.69, 9.17) is 9.47 Å². The second-order valence-electron chi connectivity index (χ2n) is 9.26. The molecule has 6 nitrogen and oxygen atoms in total. The van der Waals surface area contributed by atoms with Crippen LogP contribution in [0.5, 0.6) is 5.75 Å². The van der Waals surface area contributed by atoms with Crippen LogP contribution in [0.25, 0.3) is 11.1 Å². The zero-order valence-corrected chi connectivity index (χ0v) is 21.6. The Kier molecular flexibility index (Phi) is 7.88. The largest absolute Gasteiger partial charge is 0.448 e. The molecule has 0 radical (unpaired) electrons. The van der Waals surface area contributed by atoms with Gasteiger partial charge >= 0.3 is 18.2 Å². The average Bonchev–Trinajstić information content (AvgIpc) is 2.98. The van der Waals surface area contributed by atoms with E-state index >= 15 is 0 Å². The van der Waals surface area contributed by atoms with Crippen molar-refractivity contribution in [3.8, 4) is 16.9 Å². The SMILES string of the molecule is O=C(O[C@H]1C(=O)C=CN(C(=O)Oc2ccccc2)[C@@H]1c1cccc(-c2ccccc2)c1)c1ccc(F)cc1C(F)(F)F. The third-order valence-corrected chi connectivity index (χ3v) is 6.50. The van der Waals surface area contributed by atoms with Crippen molar-refractivity contribution in [1.29, 1.82) is 0 Å². The smallest absolute Gasteiger partial charge is 0.420 e. The van der Waals surface area contributed by atoms with Gasteiger partial charge in [0.1, 0.15) is 17.6 Å². The first-order chi connectivity index (χ1) is 20.1. The summed E-state index contributed by atoms with van der Waals surface area (Å²) < 4.78 is 65.5. The number of alkyl halides is 3. The van der Waals surface area contributed by atoms with E-state index in [0.29, 0.717) is 23.3 Å². The number of carbonyl (C=O) groups is 3. The van der Waals surface area contributed by atoms with Crippen LogP contribution in [-0.4, -0.2) is 28.8 Å². The van der Waals surface area contributed by atoms with Gasteiger partial charge in [-0.05, 0) is 53.1 Å². The van der Waals surface area contributed by atoms with Gasteiger partial charge in [0, 0.05) is 12.3 Å². The van der Waals surface area contributed by atoms with Crippen molar-refractivity contribution in [3.63, 3.8) is 0 Å². The number of amides is 1. The van der Waals surface area contributed by atoms with Crippen molar-refractivity contribution >= 4 is 17.8 Å². The van der Waals surface area contributed by atoms with Crippen LogP contribution in [-0.2, 0) is 15.7 Å². The lowest BCUT2D eigenvalue weighted by atomic mass is 9.92. The Hall–Kier alpha value is -5.25. The lowest BCUT2D eigenvalue weighted by Crippen LogP contribution is -2.47. The molecule has 10 heteroatoms. The van der Waals surface area contributed by atoms with Gasteiger partial charge in [0.05, 0.1) is 11.1 Å². The van der Waals surface area contributed by atoms with Crippen molar-refractivity contribution in [2.45, 2.75) is 18.3 Å². The second-order valence-corrected chi connectivity index (χ2v) is 9.26. The number of esters is 1. The number of ketones is 1. The van der Waals surface area contributed by atoms with E-state index in [0.717, 1.165) is 22.7 Å².